The molecule has 3 atom stereocenters. The van der Waals surface area contributed by atoms with Gasteiger partial charge in [-0.05, 0) is 52.9 Å². The smallest absolute Gasteiger partial charge is 0.0599 e. The molecular weight excluding hydrogens is 292 g/mol. The number of nitrogens with zero attached hydrogens (tertiary/aromatic N) is 1. The van der Waals surface area contributed by atoms with Crippen LogP contribution in [-0.2, 0) is 0 Å². The van der Waals surface area contributed by atoms with Crippen molar-refractivity contribution in [2.75, 3.05) is 18.0 Å². The first-order valence-electron chi connectivity index (χ1n) is 6.47. The standard InChI is InChI=1S/C14H21BrN2O/c1-9-8-17(6-5-14(9)18)13-4-3-11(10(2)16)7-12(13)15/h3-4,7,9-10,14,18H,5-6,8,16H2,1-2H3. The van der Waals surface area contributed by atoms with Crippen molar-refractivity contribution >= 4 is 21.6 Å². The fourth-order valence-electron chi connectivity index (χ4n) is 2.41. The first-order chi connectivity index (χ1) is 8.49. The van der Waals surface area contributed by atoms with Crippen LogP contribution in [-0.4, -0.2) is 24.3 Å². The van der Waals surface area contributed by atoms with Gasteiger partial charge in [-0.1, -0.05) is 13.0 Å². The van der Waals surface area contributed by atoms with Crippen LogP contribution in [0.1, 0.15) is 31.9 Å². The van der Waals surface area contributed by atoms with Gasteiger partial charge < -0.3 is 15.7 Å². The molecule has 3 N–H and O–H groups in total. The molecule has 1 aromatic carbocycles. The molecule has 1 fully saturated rings. The summed E-state index contributed by atoms with van der Waals surface area (Å²) >= 11 is 3.63. The predicted octanol–water partition coefficient (Wildman–Crippen LogP) is 2.68. The number of anilines is 1. The SMILES string of the molecule is CC(N)c1ccc(N2CCC(O)C(C)C2)c(Br)c1. The summed E-state index contributed by atoms with van der Waals surface area (Å²) in [6.45, 7) is 5.89. The number of hydrogen-bond donors (Lipinski definition) is 2. The van der Waals surface area contributed by atoms with Crippen LogP contribution in [0.2, 0.25) is 0 Å². The first kappa shape index (κ1) is 13.8. The number of aliphatic hydroxyl groups excluding tert-OH is 1. The van der Waals surface area contributed by atoms with Crippen LogP contribution in [0.3, 0.4) is 0 Å². The largest absolute Gasteiger partial charge is 0.393 e. The Bertz CT molecular complexity index is 422. The third-order valence-corrected chi connectivity index (χ3v) is 4.33. The summed E-state index contributed by atoms with van der Waals surface area (Å²) in [5, 5.41) is 9.77. The van der Waals surface area contributed by atoms with E-state index in [1.807, 2.05) is 6.92 Å². The molecule has 0 radical (unpaired) electrons. The lowest BCUT2D eigenvalue weighted by Crippen LogP contribution is -2.42. The molecule has 0 spiro atoms. The zero-order valence-electron chi connectivity index (χ0n) is 10.9. The van der Waals surface area contributed by atoms with Crippen molar-refractivity contribution in [1.29, 1.82) is 0 Å². The maximum Gasteiger partial charge on any atom is 0.0599 e. The van der Waals surface area contributed by atoms with Gasteiger partial charge in [-0.2, -0.15) is 0 Å². The fourth-order valence-corrected chi connectivity index (χ4v) is 3.06. The van der Waals surface area contributed by atoms with Crippen molar-refractivity contribution in [2.24, 2.45) is 11.7 Å². The Balaban J connectivity index is 2.19. The Hall–Kier alpha value is -0.580. The average Bonchev–Trinajstić information content (AvgIpc) is 2.32. The summed E-state index contributed by atoms with van der Waals surface area (Å²) in [5.74, 6) is 0.318. The Morgan fingerprint density at radius 2 is 2.22 bits per heavy atom. The van der Waals surface area contributed by atoms with E-state index >= 15 is 0 Å². The highest BCUT2D eigenvalue weighted by molar-refractivity contribution is 9.10. The van der Waals surface area contributed by atoms with Crippen molar-refractivity contribution in [2.45, 2.75) is 32.4 Å². The van der Waals surface area contributed by atoms with E-state index in [2.05, 4.69) is 46.0 Å². The van der Waals surface area contributed by atoms with E-state index in [9.17, 15) is 5.11 Å². The molecule has 100 valence electrons. The summed E-state index contributed by atoms with van der Waals surface area (Å²) in [6.07, 6.45) is 0.672. The van der Waals surface area contributed by atoms with Gasteiger partial charge in [0.1, 0.15) is 0 Å². The number of nitrogens with two attached hydrogens (primary N) is 1. The lowest BCUT2D eigenvalue weighted by molar-refractivity contribution is 0.0970. The molecule has 0 amide bonds. The van der Waals surface area contributed by atoms with Crippen molar-refractivity contribution in [3.63, 3.8) is 0 Å². The zero-order valence-corrected chi connectivity index (χ0v) is 12.5. The van der Waals surface area contributed by atoms with E-state index in [-0.39, 0.29) is 12.1 Å². The van der Waals surface area contributed by atoms with Crippen LogP contribution in [0.5, 0.6) is 0 Å². The molecule has 1 heterocycles. The van der Waals surface area contributed by atoms with Gasteiger partial charge in [0, 0.05) is 23.6 Å². The molecule has 0 aromatic heterocycles. The van der Waals surface area contributed by atoms with Gasteiger partial charge in [0.2, 0.25) is 0 Å². The van der Waals surface area contributed by atoms with Gasteiger partial charge in [-0.15, -0.1) is 0 Å². The highest BCUT2D eigenvalue weighted by atomic mass is 79.9. The van der Waals surface area contributed by atoms with E-state index in [0.29, 0.717) is 5.92 Å². The third kappa shape index (κ3) is 2.87. The topological polar surface area (TPSA) is 49.5 Å². The van der Waals surface area contributed by atoms with Crippen molar-refractivity contribution in [3.05, 3.63) is 28.2 Å². The Kier molecular flexibility index (Phi) is 4.30. The molecular formula is C14H21BrN2O. The van der Waals surface area contributed by atoms with Gasteiger partial charge in [0.05, 0.1) is 11.8 Å². The average molecular weight is 313 g/mol. The van der Waals surface area contributed by atoms with Crippen LogP contribution >= 0.6 is 15.9 Å². The summed E-state index contributed by atoms with van der Waals surface area (Å²) in [6, 6.07) is 6.35. The van der Waals surface area contributed by atoms with E-state index in [0.717, 1.165) is 29.5 Å². The van der Waals surface area contributed by atoms with Gasteiger partial charge in [-0.3, -0.25) is 0 Å². The maximum atomic E-state index is 9.77. The van der Waals surface area contributed by atoms with Crippen molar-refractivity contribution in [3.8, 4) is 0 Å². The molecule has 2 rings (SSSR count). The van der Waals surface area contributed by atoms with Crippen LogP contribution < -0.4 is 10.6 Å². The molecule has 3 unspecified atom stereocenters. The fraction of sp³-hybridized carbons (Fsp3) is 0.571. The minimum absolute atomic E-state index is 0.0532. The molecule has 1 aliphatic rings. The van der Waals surface area contributed by atoms with Crippen molar-refractivity contribution in [1.82, 2.24) is 0 Å². The molecule has 18 heavy (non-hydrogen) atoms. The van der Waals surface area contributed by atoms with E-state index in [1.54, 1.807) is 0 Å². The predicted molar refractivity (Wildman–Crippen MR) is 78.7 cm³/mol. The molecule has 0 saturated carbocycles. The molecule has 0 aliphatic carbocycles. The van der Waals surface area contributed by atoms with E-state index < -0.39 is 0 Å². The van der Waals surface area contributed by atoms with E-state index in [4.69, 9.17) is 5.73 Å². The molecule has 3 nitrogen and oxygen atoms in total. The van der Waals surface area contributed by atoms with Crippen LogP contribution in [0.4, 0.5) is 5.69 Å². The number of aliphatic hydroxyl groups is 1. The van der Waals surface area contributed by atoms with Gasteiger partial charge in [0.25, 0.3) is 0 Å². The molecule has 1 aliphatic heterocycles. The third-order valence-electron chi connectivity index (χ3n) is 3.70. The number of halogens is 1. The minimum atomic E-state index is -0.164. The van der Waals surface area contributed by atoms with Crippen LogP contribution in [0.25, 0.3) is 0 Å². The number of benzene rings is 1. The molecule has 4 heteroatoms. The van der Waals surface area contributed by atoms with E-state index in [1.165, 1.54) is 5.69 Å². The van der Waals surface area contributed by atoms with Crippen molar-refractivity contribution < 1.29 is 5.11 Å². The monoisotopic (exact) mass is 312 g/mol. The normalized spacial score (nSPS) is 26.2. The van der Waals surface area contributed by atoms with Gasteiger partial charge in [0.15, 0.2) is 0 Å². The molecule has 1 saturated heterocycles. The summed E-state index contributed by atoms with van der Waals surface area (Å²) < 4.78 is 1.08. The molecule has 0 bridgehead atoms. The lowest BCUT2D eigenvalue weighted by Gasteiger charge is -2.36. The summed E-state index contributed by atoms with van der Waals surface area (Å²) in [4.78, 5) is 2.33. The Labute approximate surface area is 117 Å². The molecule has 1 aromatic rings. The van der Waals surface area contributed by atoms with Gasteiger partial charge >= 0.3 is 0 Å². The second-order valence-corrected chi connectivity index (χ2v) is 6.13. The minimum Gasteiger partial charge on any atom is -0.393 e. The maximum absolute atomic E-state index is 9.77. The number of piperidine rings is 1. The van der Waals surface area contributed by atoms with Crippen LogP contribution in [0.15, 0.2) is 22.7 Å². The first-order valence-corrected chi connectivity index (χ1v) is 7.26. The van der Waals surface area contributed by atoms with Crippen LogP contribution in [0, 0.1) is 5.92 Å². The quantitative estimate of drug-likeness (QED) is 0.882. The van der Waals surface area contributed by atoms with Gasteiger partial charge in [-0.25, -0.2) is 0 Å². The number of hydrogen-bond acceptors (Lipinski definition) is 3. The number of rotatable bonds is 2. The summed E-state index contributed by atoms with van der Waals surface area (Å²) in [5.41, 5.74) is 8.21. The highest BCUT2D eigenvalue weighted by Gasteiger charge is 2.25. The summed E-state index contributed by atoms with van der Waals surface area (Å²) in [7, 11) is 0. The second kappa shape index (κ2) is 5.59. The Morgan fingerprint density at radius 1 is 1.50 bits per heavy atom. The second-order valence-electron chi connectivity index (χ2n) is 5.28. The Morgan fingerprint density at radius 3 is 2.78 bits per heavy atom. The zero-order chi connectivity index (χ0) is 13.3. The highest BCUT2D eigenvalue weighted by Crippen LogP contribution is 2.32. The lowest BCUT2D eigenvalue weighted by atomic mass is 9.96.